The molecule has 9 nitrogen and oxygen atoms in total. The van der Waals surface area contributed by atoms with Crippen LogP contribution in [0.1, 0.15) is 54.4 Å². The van der Waals surface area contributed by atoms with Gasteiger partial charge >= 0.3 is 6.09 Å². The van der Waals surface area contributed by atoms with E-state index in [1.165, 1.54) is 4.90 Å². The Morgan fingerprint density at radius 1 is 1.27 bits per heavy atom. The first-order valence-electron chi connectivity index (χ1n) is 13.0. The number of allylic oxidation sites excluding steroid dienone is 2. The molecule has 204 valence electrons. The summed E-state index contributed by atoms with van der Waals surface area (Å²) in [6.45, 7) is 11.1. The zero-order valence-corrected chi connectivity index (χ0v) is 23.1. The van der Waals surface area contributed by atoms with Crippen LogP contribution in [0, 0.1) is 28.6 Å². The number of ketones is 1. The lowest BCUT2D eigenvalue weighted by Gasteiger charge is -2.48. The zero-order valence-electron chi connectivity index (χ0n) is 23.1. The number of amides is 1. The van der Waals surface area contributed by atoms with Crippen molar-refractivity contribution in [3.63, 3.8) is 0 Å². The summed E-state index contributed by atoms with van der Waals surface area (Å²) < 4.78 is 5.92. The van der Waals surface area contributed by atoms with Crippen LogP contribution in [0.2, 0.25) is 0 Å². The van der Waals surface area contributed by atoms with E-state index in [-0.39, 0.29) is 23.2 Å². The van der Waals surface area contributed by atoms with Crippen LogP contribution in [0.4, 0.5) is 4.79 Å². The van der Waals surface area contributed by atoms with Crippen molar-refractivity contribution in [1.82, 2.24) is 9.91 Å². The van der Waals surface area contributed by atoms with E-state index in [0.29, 0.717) is 24.3 Å². The first-order valence-corrected chi connectivity index (χ1v) is 13.0. The monoisotopic (exact) mass is 515 g/mol. The second-order valence-electron chi connectivity index (χ2n) is 12.0. The van der Waals surface area contributed by atoms with Gasteiger partial charge in [-0.2, -0.15) is 5.10 Å². The maximum absolute atomic E-state index is 14.4. The van der Waals surface area contributed by atoms with E-state index in [2.05, 4.69) is 12.0 Å². The number of Topliss-reactive ketones (excluding diaryl/α,β-unsaturated/α-hetero) is 1. The van der Waals surface area contributed by atoms with E-state index in [4.69, 9.17) is 4.74 Å². The minimum Gasteiger partial charge on any atom is -0.438 e. The number of nitrogens with zero attached hydrogens (tertiary/aromatic N) is 3. The number of hydrazone groups is 1. The number of hydrogen-bond acceptors (Lipinski definition) is 8. The Bertz CT molecular complexity index is 1120. The maximum Gasteiger partial charge on any atom is 0.415 e. The number of carbonyl (C=O) groups is 2. The Morgan fingerprint density at radius 3 is 2.51 bits per heavy atom. The Morgan fingerprint density at radius 2 is 1.92 bits per heavy atom. The number of aliphatic hydroxyl groups excluding tert-OH is 2. The first-order chi connectivity index (χ1) is 17.1. The summed E-state index contributed by atoms with van der Waals surface area (Å²) >= 11 is 0. The van der Waals surface area contributed by atoms with E-state index >= 15 is 0 Å². The summed E-state index contributed by atoms with van der Waals surface area (Å²) in [5.41, 5.74) is -2.56. The van der Waals surface area contributed by atoms with Crippen molar-refractivity contribution in [2.75, 3.05) is 20.7 Å². The fourth-order valence-electron chi connectivity index (χ4n) is 6.81. The minimum absolute atomic E-state index is 0.116. The van der Waals surface area contributed by atoms with Crippen LogP contribution < -0.4 is 0 Å². The molecule has 4 rings (SSSR count). The van der Waals surface area contributed by atoms with Gasteiger partial charge in [0.05, 0.1) is 12.0 Å². The summed E-state index contributed by atoms with van der Waals surface area (Å²) in [6.07, 6.45) is 2.69. The average molecular weight is 516 g/mol. The molecule has 0 radical (unpaired) electrons. The average Bonchev–Trinajstić information content (AvgIpc) is 3.01. The highest BCUT2D eigenvalue weighted by Gasteiger charge is 2.73. The van der Waals surface area contributed by atoms with E-state index in [9.17, 15) is 24.9 Å². The second kappa shape index (κ2) is 9.06. The summed E-state index contributed by atoms with van der Waals surface area (Å²) in [5, 5.41) is 40.5. The third-order valence-corrected chi connectivity index (χ3v) is 9.74. The van der Waals surface area contributed by atoms with Crippen molar-refractivity contribution in [2.24, 2.45) is 33.7 Å². The third kappa shape index (κ3) is 3.72. The zero-order chi connectivity index (χ0) is 27.7. The summed E-state index contributed by atoms with van der Waals surface area (Å²) in [6, 6.07) is 0. The molecule has 0 saturated heterocycles. The van der Waals surface area contributed by atoms with E-state index < -0.39 is 47.3 Å². The molecule has 2 bridgehead atoms. The lowest BCUT2D eigenvalue weighted by Crippen LogP contribution is -2.66. The molecule has 7 atom stereocenters. The molecule has 0 aromatic heterocycles. The second-order valence-corrected chi connectivity index (χ2v) is 12.0. The van der Waals surface area contributed by atoms with Crippen molar-refractivity contribution in [2.45, 2.75) is 72.2 Å². The summed E-state index contributed by atoms with van der Waals surface area (Å²) in [5.74, 6) is -0.630. The van der Waals surface area contributed by atoms with Gasteiger partial charge < -0.3 is 20.1 Å². The van der Waals surface area contributed by atoms with Gasteiger partial charge in [-0.25, -0.2) is 4.79 Å². The maximum atomic E-state index is 14.4. The molecule has 1 heterocycles. The molecule has 1 fully saturated rings. The fourth-order valence-corrected chi connectivity index (χ4v) is 6.81. The third-order valence-electron chi connectivity index (χ3n) is 9.74. The van der Waals surface area contributed by atoms with Crippen LogP contribution >= 0.6 is 0 Å². The molecule has 1 spiro atoms. The Balaban J connectivity index is 1.79. The number of fused-ring (bicyclic) bond motifs is 1. The molecular weight excluding hydrogens is 474 g/mol. The highest BCUT2D eigenvalue weighted by atomic mass is 16.6. The van der Waals surface area contributed by atoms with Crippen molar-refractivity contribution >= 4 is 17.7 Å². The van der Waals surface area contributed by atoms with Crippen LogP contribution in [-0.2, 0) is 9.53 Å². The molecule has 1 aliphatic heterocycles. The molecule has 9 heteroatoms. The van der Waals surface area contributed by atoms with E-state index in [1.807, 2.05) is 33.8 Å². The number of hydrogen-bond donors (Lipinski definition) is 3. The standard InChI is InChI=1S/C28H41N3O6/c1-15-13-27-17(3)11-16(2)26(5,6)20(23(27)34)12-19(14-32)22(33)28(27,36)24(15)37-25(35)30(7)21-10-9-18(4)31(8)29-21/h9,12-13,16-17,20,22,24,32-33,36H,10-11,14H2,1-8H3/t16?,17-,20?,22?,24?,27?,28?/m1/s1. The molecule has 1 saturated carbocycles. The lowest BCUT2D eigenvalue weighted by atomic mass is 9.59. The molecule has 3 N–H and O–H groups in total. The summed E-state index contributed by atoms with van der Waals surface area (Å²) in [7, 11) is 3.32. The molecule has 3 aliphatic carbocycles. The first kappa shape index (κ1) is 27.5. The van der Waals surface area contributed by atoms with Crippen LogP contribution in [0.3, 0.4) is 0 Å². The van der Waals surface area contributed by atoms with Gasteiger partial charge in [0.1, 0.15) is 11.9 Å². The molecular formula is C28H41N3O6. The number of ether oxygens (including phenoxy) is 1. The topological polar surface area (TPSA) is 123 Å². The van der Waals surface area contributed by atoms with Crippen LogP contribution in [0.5, 0.6) is 0 Å². The van der Waals surface area contributed by atoms with Crippen molar-refractivity contribution in [3.8, 4) is 0 Å². The molecule has 6 unspecified atom stereocenters. The highest BCUT2D eigenvalue weighted by Crippen LogP contribution is 2.62. The lowest BCUT2D eigenvalue weighted by molar-refractivity contribution is -0.190. The van der Waals surface area contributed by atoms with Gasteiger partial charge in [-0.15, -0.1) is 0 Å². The van der Waals surface area contributed by atoms with Crippen LogP contribution in [-0.4, -0.2) is 81.5 Å². The molecule has 37 heavy (non-hydrogen) atoms. The van der Waals surface area contributed by atoms with Gasteiger partial charge in [-0.1, -0.05) is 45.9 Å². The van der Waals surface area contributed by atoms with Gasteiger partial charge in [-0.3, -0.25) is 14.7 Å². The van der Waals surface area contributed by atoms with Gasteiger partial charge in [-0.05, 0) is 48.7 Å². The Hall–Kier alpha value is -2.49. The normalized spacial score (nSPS) is 38.9. The van der Waals surface area contributed by atoms with Crippen LogP contribution in [0.15, 0.2) is 40.2 Å². The fraction of sp³-hybridized carbons (Fsp3) is 0.679. The molecule has 4 aliphatic rings. The highest BCUT2D eigenvalue weighted by molar-refractivity contribution is 5.97. The predicted octanol–water partition coefficient (Wildman–Crippen LogP) is 2.83. The van der Waals surface area contributed by atoms with Crippen LogP contribution in [0.25, 0.3) is 0 Å². The van der Waals surface area contributed by atoms with Gasteiger partial charge in [0.15, 0.2) is 17.5 Å². The molecule has 0 aromatic rings. The Kier molecular flexibility index (Phi) is 6.75. The summed E-state index contributed by atoms with van der Waals surface area (Å²) in [4.78, 5) is 29.1. The van der Waals surface area contributed by atoms with Crippen molar-refractivity contribution in [1.29, 1.82) is 0 Å². The van der Waals surface area contributed by atoms with E-state index in [0.717, 1.165) is 5.70 Å². The van der Waals surface area contributed by atoms with Gasteiger partial charge in [0.25, 0.3) is 0 Å². The smallest absolute Gasteiger partial charge is 0.415 e. The van der Waals surface area contributed by atoms with Gasteiger partial charge in [0, 0.05) is 32.1 Å². The minimum atomic E-state index is -2.19. The number of amidine groups is 1. The number of rotatable bonds is 2. The molecule has 0 aromatic carbocycles. The van der Waals surface area contributed by atoms with E-state index in [1.54, 1.807) is 38.2 Å². The predicted molar refractivity (Wildman–Crippen MR) is 139 cm³/mol. The van der Waals surface area contributed by atoms with Gasteiger partial charge in [0.2, 0.25) is 0 Å². The van der Waals surface area contributed by atoms with Crippen molar-refractivity contribution < 1.29 is 29.6 Å². The quantitative estimate of drug-likeness (QED) is 0.483. The largest absolute Gasteiger partial charge is 0.438 e. The molecule has 1 amide bonds. The number of aliphatic hydroxyl groups is 3. The Labute approximate surface area is 219 Å². The number of carbonyl (C=O) groups excluding carboxylic acids is 2. The van der Waals surface area contributed by atoms with Crippen molar-refractivity contribution in [3.05, 3.63) is 35.1 Å². The SMILES string of the molecule is CC1=CC23C(=O)C(C=C(CO)C(O)C2(O)C1OC(=O)N(C)C1=NN(C)C(C)=CC1)C(C)(C)C(C)C[C@H]3C.